The van der Waals surface area contributed by atoms with Gasteiger partial charge in [0.25, 0.3) is 0 Å². The second-order valence-electron chi connectivity index (χ2n) is 5.12. The summed E-state index contributed by atoms with van der Waals surface area (Å²) in [5.41, 5.74) is 0.207. The molecule has 1 aliphatic rings. The fraction of sp³-hybridized carbons (Fsp3) is 0.615. The Morgan fingerprint density at radius 1 is 1.52 bits per heavy atom. The van der Waals surface area contributed by atoms with E-state index in [2.05, 4.69) is 32.4 Å². The Morgan fingerprint density at radius 3 is 3.29 bits per heavy atom. The van der Waals surface area contributed by atoms with E-state index in [1.807, 2.05) is 6.07 Å². The smallest absolute Gasteiger partial charge is 0.364 e. The Balaban J connectivity index is 1.83. The van der Waals surface area contributed by atoms with E-state index in [1.54, 1.807) is 6.07 Å². The molecule has 2 aromatic heterocycles. The van der Waals surface area contributed by atoms with Gasteiger partial charge in [-0.15, -0.1) is 5.10 Å². The molecule has 0 amide bonds. The molecule has 0 saturated carbocycles. The van der Waals surface area contributed by atoms with Gasteiger partial charge in [0.2, 0.25) is 0 Å². The molecule has 1 fully saturated rings. The summed E-state index contributed by atoms with van der Waals surface area (Å²) < 4.78 is 6.86. The topological polar surface area (TPSA) is 87.5 Å². The fourth-order valence-corrected chi connectivity index (χ4v) is 2.52. The van der Waals surface area contributed by atoms with Gasteiger partial charge < -0.3 is 15.0 Å². The van der Waals surface area contributed by atoms with Crippen molar-refractivity contribution in [3.05, 3.63) is 22.6 Å². The van der Waals surface area contributed by atoms with Crippen molar-refractivity contribution in [2.45, 2.75) is 19.4 Å². The lowest BCUT2D eigenvalue weighted by molar-refractivity contribution is 0.0933. The van der Waals surface area contributed by atoms with Crippen LogP contribution in [0.5, 0.6) is 0 Å². The molecule has 0 spiro atoms. The minimum absolute atomic E-state index is 0.220. The van der Waals surface area contributed by atoms with Gasteiger partial charge in [0.1, 0.15) is 5.82 Å². The number of hydrogen-bond acceptors (Lipinski definition) is 6. The molecule has 8 heteroatoms. The summed E-state index contributed by atoms with van der Waals surface area (Å²) in [6.45, 7) is 6.07. The second-order valence-corrected chi connectivity index (χ2v) is 5.12. The maximum Gasteiger partial charge on any atom is 0.364 e. The number of fused-ring (bicyclic) bond motifs is 1. The molecule has 8 nitrogen and oxygen atoms in total. The fourth-order valence-electron chi connectivity index (χ4n) is 2.52. The summed E-state index contributed by atoms with van der Waals surface area (Å²) in [5.74, 6) is 0.776. The van der Waals surface area contributed by atoms with Gasteiger partial charge in [0, 0.05) is 13.1 Å². The molecule has 1 saturated heterocycles. The Bertz CT molecular complexity index is 651. The molecule has 0 aromatic carbocycles. The van der Waals surface area contributed by atoms with E-state index in [9.17, 15) is 4.79 Å². The highest BCUT2D eigenvalue weighted by Gasteiger charge is 2.24. The number of rotatable bonds is 5. The molecule has 2 aromatic rings. The highest BCUT2D eigenvalue weighted by atomic mass is 16.5. The lowest BCUT2D eigenvalue weighted by Crippen LogP contribution is -2.51. The summed E-state index contributed by atoms with van der Waals surface area (Å²) in [7, 11) is 0. The number of anilines is 1. The molecule has 2 N–H and O–H groups in total. The summed E-state index contributed by atoms with van der Waals surface area (Å²) in [6, 6.07) is 3.91. The van der Waals surface area contributed by atoms with Crippen LogP contribution in [0, 0.1) is 0 Å². The largest absolute Gasteiger partial charge is 0.377 e. The zero-order valence-corrected chi connectivity index (χ0v) is 12.1. The third kappa shape index (κ3) is 2.91. The summed E-state index contributed by atoms with van der Waals surface area (Å²) in [5, 5.41) is 14.1. The highest BCUT2D eigenvalue weighted by Crippen LogP contribution is 2.16. The van der Waals surface area contributed by atoms with Crippen LogP contribution in [0.25, 0.3) is 5.65 Å². The van der Waals surface area contributed by atoms with E-state index >= 15 is 0 Å². The SMILES string of the molecule is CCCNCC1COCCN1c1ccc2n[nH]c(=O)n2n1. The number of aromatic amines is 1. The molecule has 3 rings (SSSR count). The van der Waals surface area contributed by atoms with Crippen molar-refractivity contribution < 1.29 is 4.74 Å². The van der Waals surface area contributed by atoms with Gasteiger partial charge in [-0.05, 0) is 25.1 Å². The number of ether oxygens (including phenoxy) is 1. The Labute approximate surface area is 122 Å². The second kappa shape index (κ2) is 6.23. The number of nitrogens with zero attached hydrogens (tertiary/aromatic N) is 4. The van der Waals surface area contributed by atoms with Crippen molar-refractivity contribution in [2.24, 2.45) is 0 Å². The van der Waals surface area contributed by atoms with Gasteiger partial charge in [0.15, 0.2) is 5.65 Å². The van der Waals surface area contributed by atoms with Crippen LogP contribution >= 0.6 is 0 Å². The van der Waals surface area contributed by atoms with E-state index < -0.39 is 0 Å². The van der Waals surface area contributed by atoms with Gasteiger partial charge in [0.05, 0.1) is 19.3 Å². The summed E-state index contributed by atoms with van der Waals surface area (Å²) >= 11 is 0. The number of morpholine rings is 1. The quantitative estimate of drug-likeness (QED) is 0.731. The van der Waals surface area contributed by atoms with Crippen LogP contribution in [0.4, 0.5) is 5.82 Å². The first-order valence-electron chi connectivity index (χ1n) is 7.29. The van der Waals surface area contributed by atoms with Crippen molar-refractivity contribution in [2.75, 3.05) is 37.7 Å². The third-order valence-corrected chi connectivity index (χ3v) is 3.59. The highest BCUT2D eigenvalue weighted by molar-refractivity contribution is 5.46. The van der Waals surface area contributed by atoms with E-state index in [0.29, 0.717) is 18.9 Å². The number of H-pyrrole nitrogens is 1. The van der Waals surface area contributed by atoms with Crippen molar-refractivity contribution in [3.8, 4) is 0 Å². The van der Waals surface area contributed by atoms with E-state index in [4.69, 9.17) is 4.74 Å². The summed E-state index contributed by atoms with van der Waals surface area (Å²) in [6.07, 6.45) is 1.10. The standard InChI is InChI=1S/C13H20N6O2/c1-2-5-14-8-10-9-21-7-6-18(10)12-4-3-11-15-16-13(20)19(11)17-12/h3-4,10,14H,2,5-9H2,1H3,(H,16,20). The first-order valence-corrected chi connectivity index (χ1v) is 7.29. The minimum Gasteiger partial charge on any atom is -0.377 e. The van der Waals surface area contributed by atoms with Crippen molar-refractivity contribution in [3.63, 3.8) is 0 Å². The molecule has 1 unspecified atom stereocenters. The average molecular weight is 292 g/mol. The lowest BCUT2D eigenvalue weighted by atomic mass is 10.2. The molecule has 3 heterocycles. The Morgan fingerprint density at radius 2 is 2.43 bits per heavy atom. The Hall–Kier alpha value is -1.93. The molecule has 21 heavy (non-hydrogen) atoms. The van der Waals surface area contributed by atoms with E-state index in [-0.39, 0.29) is 11.7 Å². The number of nitrogens with one attached hydrogen (secondary N) is 2. The first kappa shape index (κ1) is 14.0. The molecule has 114 valence electrons. The number of aromatic nitrogens is 4. The molecule has 0 aliphatic carbocycles. The van der Waals surface area contributed by atoms with Gasteiger partial charge in [-0.2, -0.15) is 9.61 Å². The molecule has 1 atom stereocenters. The van der Waals surface area contributed by atoms with Crippen molar-refractivity contribution >= 4 is 11.5 Å². The van der Waals surface area contributed by atoms with E-state index in [0.717, 1.165) is 31.9 Å². The third-order valence-electron chi connectivity index (χ3n) is 3.59. The van der Waals surface area contributed by atoms with Gasteiger partial charge in [-0.1, -0.05) is 6.92 Å². The molecular weight excluding hydrogens is 272 g/mol. The summed E-state index contributed by atoms with van der Waals surface area (Å²) in [4.78, 5) is 13.8. The molecule has 0 radical (unpaired) electrons. The van der Waals surface area contributed by atoms with Gasteiger partial charge in [-0.3, -0.25) is 0 Å². The van der Waals surface area contributed by atoms with Crippen molar-refractivity contribution in [1.29, 1.82) is 0 Å². The minimum atomic E-state index is -0.319. The van der Waals surface area contributed by atoms with Crippen LogP contribution in [0.2, 0.25) is 0 Å². The van der Waals surface area contributed by atoms with Crippen LogP contribution in [-0.4, -0.2) is 58.7 Å². The Kier molecular flexibility index (Phi) is 4.16. The first-order chi connectivity index (χ1) is 10.3. The maximum absolute atomic E-state index is 11.6. The predicted molar refractivity (Wildman–Crippen MR) is 78.7 cm³/mol. The maximum atomic E-state index is 11.6. The van der Waals surface area contributed by atoms with Crippen LogP contribution in [0.1, 0.15) is 13.3 Å². The lowest BCUT2D eigenvalue weighted by Gasteiger charge is -2.36. The van der Waals surface area contributed by atoms with Crippen LogP contribution < -0.4 is 15.9 Å². The number of hydrogen-bond donors (Lipinski definition) is 2. The molecule has 0 bridgehead atoms. The molecule has 1 aliphatic heterocycles. The molecular formula is C13H20N6O2. The van der Waals surface area contributed by atoms with Gasteiger partial charge in [-0.25, -0.2) is 9.89 Å². The van der Waals surface area contributed by atoms with E-state index in [1.165, 1.54) is 4.52 Å². The average Bonchev–Trinajstić information content (AvgIpc) is 2.89. The van der Waals surface area contributed by atoms with Gasteiger partial charge >= 0.3 is 5.69 Å². The zero-order valence-electron chi connectivity index (χ0n) is 12.1. The monoisotopic (exact) mass is 292 g/mol. The van der Waals surface area contributed by atoms with Crippen LogP contribution in [0.3, 0.4) is 0 Å². The van der Waals surface area contributed by atoms with Crippen LogP contribution in [-0.2, 0) is 4.74 Å². The van der Waals surface area contributed by atoms with Crippen molar-refractivity contribution in [1.82, 2.24) is 25.1 Å². The zero-order chi connectivity index (χ0) is 14.7. The normalized spacial score (nSPS) is 19.3. The van der Waals surface area contributed by atoms with Crippen LogP contribution in [0.15, 0.2) is 16.9 Å². The predicted octanol–water partition coefficient (Wildman–Crippen LogP) is -0.378.